The molecule has 0 radical (unpaired) electrons. The van der Waals surface area contributed by atoms with Crippen molar-refractivity contribution in [3.63, 3.8) is 0 Å². The second kappa shape index (κ2) is 7.17. The monoisotopic (exact) mass is 296 g/mol. The van der Waals surface area contributed by atoms with Crippen LogP contribution in [0.2, 0.25) is 0 Å². The molecule has 2 N–H and O–H groups in total. The fourth-order valence-electron chi connectivity index (χ4n) is 1.82. The molecule has 0 aliphatic rings. The van der Waals surface area contributed by atoms with Gasteiger partial charge in [-0.3, -0.25) is 4.79 Å². The Morgan fingerprint density at radius 1 is 1.09 bits per heavy atom. The van der Waals surface area contributed by atoms with Crippen molar-refractivity contribution in [1.29, 1.82) is 0 Å². The van der Waals surface area contributed by atoms with Gasteiger partial charge in [-0.1, -0.05) is 42.0 Å². The molecule has 0 spiro atoms. The number of hydrazone groups is 1. The highest BCUT2D eigenvalue weighted by Crippen LogP contribution is 2.04. The van der Waals surface area contributed by atoms with Crippen molar-refractivity contribution in [2.45, 2.75) is 13.3 Å². The van der Waals surface area contributed by atoms with E-state index in [9.17, 15) is 9.59 Å². The summed E-state index contributed by atoms with van der Waals surface area (Å²) in [5.74, 6) is -1.18. The number of aromatic carboxylic acids is 1. The molecule has 5 heteroatoms. The predicted molar refractivity (Wildman–Crippen MR) is 84.0 cm³/mol. The van der Waals surface area contributed by atoms with Gasteiger partial charge in [0.25, 0.3) is 0 Å². The second-order valence-electron chi connectivity index (χ2n) is 4.88. The van der Waals surface area contributed by atoms with E-state index < -0.39 is 5.97 Å². The molecule has 5 nitrogen and oxygen atoms in total. The van der Waals surface area contributed by atoms with Crippen LogP contribution in [0.4, 0.5) is 0 Å². The van der Waals surface area contributed by atoms with Crippen LogP contribution in [0.5, 0.6) is 0 Å². The normalized spacial score (nSPS) is 10.6. The minimum Gasteiger partial charge on any atom is -0.478 e. The molecule has 0 aromatic heterocycles. The third kappa shape index (κ3) is 4.56. The Hall–Kier alpha value is -2.95. The number of amides is 1. The summed E-state index contributed by atoms with van der Waals surface area (Å²) in [7, 11) is 0. The number of hydrogen-bond donors (Lipinski definition) is 2. The van der Waals surface area contributed by atoms with Gasteiger partial charge in [-0.05, 0) is 30.2 Å². The average molecular weight is 296 g/mol. The van der Waals surface area contributed by atoms with E-state index in [1.165, 1.54) is 18.3 Å². The Morgan fingerprint density at radius 3 is 2.32 bits per heavy atom. The van der Waals surface area contributed by atoms with Gasteiger partial charge in [0, 0.05) is 0 Å². The number of nitrogens with one attached hydrogen (secondary N) is 1. The smallest absolute Gasteiger partial charge is 0.335 e. The quantitative estimate of drug-likeness (QED) is 0.657. The third-order valence-corrected chi connectivity index (χ3v) is 3.05. The summed E-state index contributed by atoms with van der Waals surface area (Å²) in [5.41, 5.74) is 5.43. The van der Waals surface area contributed by atoms with Gasteiger partial charge in [-0.25, -0.2) is 10.2 Å². The minimum atomic E-state index is -0.977. The van der Waals surface area contributed by atoms with Gasteiger partial charge in [0.05, 0.1) is 18.2 Å². The Kier molecular flexibility index (Phi) is 5.03. The average Bonchev–Trinajstić information content (AvgIpc) is 2.50. The molecule has 1 amide bonds. The molecular formula is C17H16N2O3. The summed E-state index contributed by atoms with van der Waals surface area (Å²) < 4.78 is 0. The highest BCUT2D eigenvalue weighted by molar-refractivity contribution is 5.89. The van der Waals surface area contributed by atoms with Crippen LogP contribution in [0, 0.1) is 6.92 Å². The van der Waals surface area contributed by atoms with Gasteiger partial charge in [0.2, 0.25) is 5.91 Å². The third-order valence-electron chi connectivity index (χ3n) is 3.05. The van der Waals surface area contributed by atoms with E-state index >= 15 is 0 Å². The number of hydrogen-bond acceptors (Lipinski definition) is 3. The molecule has 0 heterocycles. The lowest BCUT2D eigenvalue weighted by molar-refractivity contribution is -0.120. The zero-order valence-electron chi connectivity index (χ0n) is 12.1. The topological polar surface area (TPSA) is 78.8 Å². The first-order chi connectivity index (χ1) is 10.5. The number of carbonyl (C=O) groups is 2. The van der Waals surface area contributed by atoms with Crippen LogP contribution in [0.15, 0.2) is 53.6 Å². The predicted octanol–water partition coefficient (Wildman–Crippen LogP) is 2.39. The molecule has 2 aromatic carbocycles. The molecule has 22 heavy (non-hydrogen) atoms. The van der Waals surface area contributed by atoms with Crippen LogP contribution < -0.4 is 5.43 Å². The van der Waals surface area contributed by atoms with E-state index in [2.05, 4.69) is 10.5 Å². The SMILES string of the molecule is Cc1ccc(CC(=O)N/N=C\c2ccc(C(=O)O)cc2)cc1. The number of rotatable bonds is 5. The molecule has 112 valence electrons. The first-order valence-corrected chi connectivity index (χ1v) is 6.75. The van der Waals surface area contributed by atoms with Gasteiger partial charge in [0.15, 0.2) is 0 Å². The molecule has 0 aliphatic carbocycles. The molecule has 0 bridgehead atoms. The minimum absolute atomic E-state index is 0.206. The van der Waals surface area contributed by atoms with Crippen LogP contribution in [0.1, 0.15) is 27.0 Å². The number of carboxylic acids is 1. The van der Waals surface area contributed by atoms with Crippen molar-refractivity contribution < 1.29 is 14.7 Å². The number of carboxylic acid groups (broad SMARTS) is 1. The molecular weight excluding hydrogens is 280 g/mol. The molecule has 0 saturated carbocycles. The van der Waals surface area contributed by atoms with Crippen molar-refractivity contribution >= 4 is 18.1 Å². The first kappa shape index (κ1) is 15.4. The van der Waals surface area contributed by atoms with Crippen molar-refractivity contribution in [1.82, 2.24) is 5.43 Å². The maximum absolute atomic E-state index is 11.7. The Labute approximate surface area is 128 Å². The molecule has 2 rings (SSSR count). The van der Waals surface area contributed by atoms with Crippen LogP contribution in [0.3, 0.4) is 0 Å². The van der Waals surface area contributed by atoms with Gasteiger partial charge in [-0.15, -0.1) is 0 Å². The summed E-state index contributed by atoms with van der Waals surface area (Å²) in [5, 5.41) is 12.6. The lowest BCUT2D eigenvalue weighted by Gasteiger charge is -2.01. The van der Waals surface area contributed by atoms with Crippen molar-refractivity contribution in [3.8, 4) is 0 Å². The van der Waals surface area contributed by atoms with E-state index in [4.69, 9.17) is 5.11 Å². The maximum atomic E-state index is 11.7. The number of nitrogens with zero attached hydrogens (tertiary/aromatic N) is 1. The van der Waals surface area contributed by atoms with Crippen LogP contribution in [-0.2, 0) is 11.2 Å². The number of carbonyl (C=O) groups excluding carboxylic acids is 1. The van der Waals surface area contributed by atoms with Gasteiger partial charge < -0.3 is 5.11 Å². The van der Waals surface area contributed by atoms with Gasteiger partial charge >= 0.3 is 5.97 Å². The van der Waals surface area contributed by atoms with Crippen molar-refractivity contribution in [3.05, 3.63) is 70.8 Å². The van der Waals surface area contributed by atoms with Crippen LogP contribution >= 0.6 is 0 Å². The number of benzene rings is 2. The maximum Gasteiger partial charge on any atom is 0.335 e. The summed E-state index contributed by atoms with van der Waals surface area (Å²) >= 11 is 0. The summed E-state index contributed by atoms with van der Waals surface area (Å²) in [6, 6.07) is 13.9. The molecule has 0 atom stereocenters. The molecule has 0 unspecified atom stereocenters. The Bertz CT molecular complexity index is 689. The van der Waals surface area contributed by atoms with Crippen molar-refractivity contribution in [2.24, 2.45) is 5.10 Å². The van der Waals surface area contributed by atoms with E-state index in [0.717, 1.165) is 11.1 Å². The Morgan fingerprint density at radius 2 is 1.73 bits per heavy atom. The highest BCUT2D eigenvalue weighted by atomic mass is 16.4. The van der Waals surface area contributed by atoms with Gasteiger partial charge in [-0.2, -0.15) is 5.10 Å². The largest absolute Gasteiger partial charge is 0.478 e. The zero-order chi connectivity index (χ0) is 15.9. The molecule has 0 aliphatic heterocycles. The van der Waals surface area contributed by atoms with E-state index in [0.29, 0.717) is 5.56 Å². The van der Waals surface area contributed by atoms with Crippen molar-refractivity contribution in [2.75, 3.05) is 0 Å². The summed E-state index contributed by atoms with van der Waals surface area (Å²) in [4.78, 5) is 22.4. The summed E-state index contributed by atoms with van der Waals surface area (Å²) in [6.45, 7) is 1.99. The zero-order valence-corrected chi connectivity index (χ0v) is 12.1. The van der Waals surface area contributed by atoms with Crippen LogP contribution in [-0.4, -0.2) is 23.2 Å². The first-order valence-electron chi connectivity index (χ1n) is 6.75. The Balaban J connectivity index is 1.87. The standard InChI is InChI=1S/C17H16N2O3/c1-12-2-4-13(5-3-12)10-16(20)19-18-11-14-6-8-15(9-7-14)17(21)22/h2-9,11H,10H2,1H3,(H,19,20)(H,21,22)/b18-11-. The van der Waals surface area contributed by atoms with Crippen LogP contribution in [0.25, 0.3) is 0 Å². The molecule has 0 fully saturated rings. The number of aryl methyl sites for hydroxylation is 1. The van der Waals surface area contributed by atoms with E-state index in [-0.39, 0.29) is 17.9 Å². The molecule has 2 aromatic rings. The summed E-state index contributed by atoms with van der Waals surface area (Å²) in [6.07, 6.45) is 1.73. The van der Waals surface area contributed by atoms with E-state index in [1.54, 1.807) is 12.1 Å². The fourth-order valence-corrected chi connectivity index (χ4v) is 1.82. The van der Waals surface area contributed by atoms with E-state index in [1.807, 2.05) is 31.2 Å². The van der Waals surface area contributed by atoms with Gasteiger partial charge in [0.1, 0.15) is 0 Å². The lowest BCUT2D eigenvalue weighted by atomic mass is 10.1. The molecule has 0 saturated heterocycles. The lowest BCUT2D eigenvalue weighted by Crippen LogP contribution is -2.19. The fraction of sp³-hybridized carbons (Fsp3) is 0.118. The highest BCUT2D eigenvalue weighted by Gasteiger charge is 2.02. The second-order valence-corrected chi connectivity index (χ2v) is 4.88.